The van der Waals surface area contributed by atoms with Gasteiger partial charge >= 0.3 is 0 Å². The minimum Gasteiger partial charge on any atom is -0.160 e. The molecule has 69 heavy (non-hydrogen) atoms. The highest BCUT2D eigenvalue weighted by Crippen LogP contribution is 2.35. The summed E-state index contributed by atoms with van der Waals surface area (Å²) in [6.45, 7) is 23.0. The van der Waals surface area contributed by atoms with Crippen LogP contribution in [0.5, 0.6) is 0 Å². The molecule has 2 aliphatic rings. The molecule has 346 valence electrons. The molecule has 0 saturated carbocycles. The molecule has 7 aromatic carbocycles. The summed E-state index contributed by atoms with van der Waals surface area (Å²) in [5.74, 6) is 0.434. The van der Waals surface area contributed by atoms with E-state index in [1.54, 1.807) is 0 Å². The summed E-state index contributed by atoms with van der Waals surface area (Å²) in [4.78, 5) is 0. The van der Waals surface area contributed by atoms with Gasteiger partial charge in [0.1, 0.15) is 0 Å². The molecule has 0 aromatic heterocycles. The van der Waals surface area contributed by atoms with Crippen molar-refractivity contribution in [1.82, 2.24) is 0 Å². The largest absolute Gasteiger partial charge is 0.218 e. The third-order valence-electron chi connectivity index (χ3n) is 12.4. The number of rotatable bonds is 9. The van der Waals surface area contributed by atoms with Gasteiger partial charge < -0.3 is 0 Å². The number of hydrogen-bond acceptors (Lipinski definition) is 0. The van der Waals surface area contributed by atoms with E-state index in [-0.39, 0.29) is 0 Å². The molecule has 0 amide bonds. The van der Waals surface area contributed by atoms with Crippen molar-refractivity contribution in [2.45, 2.75) is 74.7 Å². The van der Waals surface area contributed by atoms with E-state index in [1.807, 2.05) is 33.8 Å². The van der Waals surface area contributed by atoms with Gasteiger partial charge in [-0.3, -0.25) is 0 Å². The fraction of sp³-hybridized carbons (Fsp3) is 0.162. The van der Waals surface area contributed by atoms with Crippen molar-refractivity contribution < 1.29 is 4.58 Å². The molecule has 1 aliphatic heterocycles. The number of allylic oxidation sites excluding steroid dienone is 12. The van der Waals surface area contributed by atoms with Crippen LogP contribution >= 0.6 is 0 Å². The van der Waals surface area contributed by atoms with Gasteiger partial charge in [-0.1, -0.05) is 222 Å². The molecular formula is C68H70N+. The molecule has 1 heterocycles. The van der Waals surface area contributed by atoms with Crippen molar-refractivity contribution in [2.75, 3.05) is 0 Å². The van der Waals surface area contributed by atoms with Gasteiger partial charge in [-0.25, -0.2) is 0 Å². The van der Waals surface area contributed by atoms with Crippen LogP contribution in [0.1, 0.15) is 87.3 Å². The second kappa shape index (κ2) is 25.5. The molecule has 0 fully saturated rings. The fourth-order valence-electron chi connectivity index (χ4n) is 8.82. The van der Waals surface area contributed by atoms with Gasteiger partial charge in [0.25, 0.3) is 0 Å². The summed E-state index contributed by atoms with van der Waals surface area (Å²) >= 11 is 0. The Labute approximate surface area is 415 Å². The van der Waals surface area contributed by atoms with E-state index in [2.05, 4.69) is 270 Å². The Morgan fingerprint density at radius 2 is 1.07 bits per heavy atom. The Morgan fingerprint density at radius 3 is 1.67 bits per heavy atom. The fourth-order valence-corrected chi connectivity index (χ4v) is 8.82. The average molecular weight is 901 g/mol. The van der Waals surface area contributed by atoms with Gasteiger partial charge in [0.2, 0.25) is 11.4 Å². The van der Waals surface area contributed by atoms with Crippen molar-refractivity contribution in [1.29, 1.82) is 0 Å². The van der Waals surface area contributed by atoms with Crippen molar-refractivity contribution in [3.8, 4) is 33.4 Å². The van der Waals surface area contributed by atoms with Gasteiger partial charge in [-0.05, 0) is 137 Å². The van der Waals surface area contributed by atoms with E-state index < -0.39 is 0 Å². The Hall–Kier alpha value is -7.61. The van der Waals surface area contributed by atoms with Gasteiger partial charge in [0.05, 0.1) is 0 Å². The smallest absolute Gasteiger partial charge is 0.160 e. The standard InChI is InChI=1S/C45H42N.C19H16.2C2H6/c1-6-13-43-34(5)30-40(39-19-18-33(4)44(31-39)42-17-12-11-14-32(42)3)28-29-46(45(43)7-2)41-26-24-38(25-27-41)37-22-20-36(21-23-37)35-15-9-8-10-16-35;1-15-11-13-17(14-12-15)19-10-6-5-9-18(19)16-7-3-2-4-8-16;2*1-2/h6-20,22-31,36H,2,21H2,1,3-5H3;2-14H,1H3;2*1-2H3/q+1;;;/b13-6-,29-28-,34-30?,40-28?,40-30+,43-34+,45-43?,46-29?,46-45-;;;. The Balaban J connectivity index is 0.000000282. The predicted octanol–water partition coefficient (Wildman–Crippen LogP) is 19.3. The molecule has 0 bridgehead atoms. The number of aryl methyl sites for hydroxylation is 3. The third-order valence-corrected chi connectivity index (χ3v) is 12.4. The highest BCUT2D eigenvalue weighted by atomic mass is 15.0. The Kier molecular flexibility index (Phi) is 18.8. The maximum absolute atomic E-state index is 4.24. The first-order valence-electron chi connectivity index (χ1n) is 24.8. The van der Waals surface area contributed by atoms with E-state index >= 15 is 0 Å². The molecule has 0 radical (unpaired) electrons. The third kappa shape index (κ3) is 12.7. The average Bonchev–Trinajstić information content (AvgIpc) is 3.41. The summed E-state index contributed by atoms with van der Waals surface area (Å²) in [7, 11) is 0. The molecule has 0 spiro atoms. The molecule has 1 unspecified atom stereocenters. The van der Waals surface area contributed by atoms with Gasteiger partial charge in [-0.15, -0.1) is 0 Å². The number of benzene rings is 7. The van der Waals surface area contributed by atoms with Crippen LogP contribution in [-0.2, 0) is 0 Å². The molecule has 1 aliphatic carbocycles. The summed E-state index contributed by atoms with van der Waals surface area (Å²) in [6.07, 6.45) is 21.0. The summed E-state index contributed by atoms with van der Waals surface area (Å²) in [6, 6.07) is 62.9. The van der Waals surface area contributed by atoms with Crippen LogP contribution in [0.3, 0.4) is 0 Å². The van der Waals surface area contributed by atoms with E-state index in [4.69, 9.17) is 0 Å². The van der Waals surface area contributed by atoms with E-state index in [0.29, 0.717) is 5.92 Å². The first-order valence-corrected chi connectivity index (χ1v) is 24.8. The quantitative estimate of drug-likeness (QED) is 0.127. The van der Waals surface area contributed by atoms with E-state index in [9.17, 15) is 0 Å². The van der Waals surface area contributed by atoms with Crippen LogP contribution in [0.2, 0.25) is 0 Å². The zero-order valence-corrected chi connectivity index (χ0v) is 42.4. The molecule has 0 saturated heterocycles. The van der Waals surface area contributed by atoms with Crippen molar-refractivity contribution in [2.24, 2.45) is 0 Å². The second-order valence-corrected chi connectivity index (χ2v) is 16.9. The lowest BCUT2D eigenvalue weighted by Crippen LogP contribution is -2.14. The highest BCUT2D eigenvalue weighted by molar-refractivity contribution is 6.08. The molecule has 1 atom stereocenters. The van der Waals surface area contributed by atoms with Crippen LogP contribution in [0.15, 0.2) is 248 Å². The summed E-state index contributed by atoms with van der Waals surface area (Å²) < 4.78 is 2.26. The zero-order chi connectivity index (χ0) is 49.1. The van der Waals surface area contributed by atoms with Crippen molar-refractivity contribution in [3.05, 3.63) is 282 Å². The summed E-state index contributed by atoms with van der Waals surface area (Å²) in [5, 5.41) is 0. The lowest BCUT2D eigenvalue weighted by Gasteiger charge is -2.17. The minimum atomic E-state index is 0.434. The lowest BCUT2D eigenvalue weighted by molar-refractivity contribution is -0.358. The topological polar surface area (TPSA) is 3.01 Å². The predicted molar refractivity (Wildman–Crippen MR) is 303 cm³/mol. The molecule has 1 nitrogen and oxygen atoms in total. The molecule has 0 N–H and O–H groups in total. The van der Waals surface area contributed by atoms with Gasteiger partial charge in [0.15, 0.2) is 6.20 Å². The van der Waals surface area contributed by atoms with Gasteiger partial charge in [0, 0.05) is 35.8 Å². The Bertz CT molecular complexity index is 3020. The molecule has 7 aromatic rings. The maximum Gasteiger partial charge on any atom is 0.218 e. The van der Waals surface area contributed by atoms with Crippen LogP contribution < -0.4 is 0 Å². The minimum absolute atomic E-state index is 0.434. The number of nitrogens with zero attached hydrogens (tertiary/aromatic N) is 1. The molecular weight excluding hydrogens is 831 g/mol. The highest BCUT2D eigenvalue weighted by Gasteiger charge is 2.21. The summed E-state index contributed by atoms with van der Waals surface area (Å²) in [5.41, 5.74) is 22.2. The molecule has 9 rings (SSSR count). The lowest BCUT2D eigenvalue weighted by atomic mass is 9.88. The van der Waals surface area contributed by atoms with Crippen LogP contribution in [-0.4, -0.2) is 10.3 Å². The molecule has 1 heteroatoms. The monoisotopic (exact) mass is 901 g/mol. The maximum atomic E-state index is 4.24. The van der Waals surface area contributed by atoms with Gasteiger partial charge in [-0.2, -0.15) is 4.58 Å². The van der Waals surface area contributed by atoms with Crippen molar-refractivity contribution >= 4 is 22.5 Å². The SMILES string of the molecule is C=C\C1=[N+](c2ccc(C3=CCC(c4ccccc4)C=C3)cc2)/C=C\C(c2ccc(C)c(-c3ccccc3C)c2)=C/C(C)=C1\C=C/C.CC.CC.Cc1ccc(-c2ccccc2-c2ccccc2)cc1. The van der Waals surface area contributed by atoms with Crippen molar-refractivity contribution in [3.63, 3.8) is 0 Å². The first-order chi connectivity index (χ1) is 33.8. The number of hydrogen-bond donors (Lipinski definition) is 0. The zero-order valence-electron chi connectivity index (χ0n) is 42.4. The van der Waals surface area contributed by atoms with Crippen LogP contribution in [0.4, 0.5) is 5.69 Å². The first kappa shape index (κ1) is 50.8. The van der Waals surface area contributed by atoms with Crippen LogP contribution in [0, 0.1) is 20.8 Å². The normalized spacial score (nSPS) is 17.5. The van der Waals surface area contributed by atoms with Crippen LogP contribution in [0.25, 0.3) is 44.5 Å². The van der Waals surface area contributed by atoms with E-state index in [1.165, 1.54) is 83.5 Å². The van der Waals surface area contributed by atoms with E-state index in [0.717, 1.165) is 23.4 Å². The Morgan fingerprint density at radius 1 is 0.522 bits per heavy atom. The second-order valence-electron chi connectivity index (χ2n) is 16.9.